The molecule has 1 heterocycles. The Kier molecular flexibility index (Phi) is 6.13. The van der Waals surface area contributed by atoms with Gasteiger partial charge in [0.15, 0.2) is 18.1 Å². The number of ether oxygens (including phenoxy) is 2. The van der Waals surface area contributed by atoms with E-state index in [1.165, 1.54) is 0 Å². The summed E-state index contributed by atoms with van der Waals surface area (Å²) in [5.41, 5.74) is 6.75. The first kappa shape index (κ1) is 19.9. The molecule has 0 spiro atoms. The van der Waals surface area contributed by atoms with E-state index in [1.54, 1.807) is 24.3 Å². The molecule has 8 nitrogen and oxygen atoms in total. The van der Waals surface area contributed by atoms with E-state index in [0.717, 1.165) is 10.5 Å². The number of imide groups is 1. The summed E-state index contributed by atoms with van der Waals surface area (Å²) in [6, 6.07) is 13.7. The zero-order valence-corrected chi connectivity index (χ0v) is 15.9. The topological polar surface area (TPSA) is 111 Å². The molecule has 0 unspecified atom stereocenters. The first-order valence-electron chi connectivity index (χ1n) is 9.04. The van der Waals surface area contributed by atoms with Gasteiger partial charge in [-0.2, -0.15) is 0 Å². The van der Waals surface area contributed by atoms with E-state index in [2.05, 4.69) is 5.32 Å². The molecule has 0 radical (unpaired) electrons. The van der Waals surface area contributed by atoms with Crippen LogP contribution in [-0.4, -0.2) is 36.0 Å². The number of hydrogen-bond donors (Lipinski definition) is 2. The Hall–Kier alpha value is -3.81. The van der Waals surface area contributed by atoms with Gasteiger partial charge in [0.05, 0.1) is 13.2 Å². The third-order valence-corrected chi connectivity index (χ3v) is 4.09. The van der Waals surface area contributed by atoms with Crippen molar-refractivity contribution in [2.24, 2.45) is 5.73 Å². The number of nitrogens with zero attached hydrogens (tertiary/aromatic N) is 1. The van der Waals surface area contributed by atoms with E-state index in [4.69, 9.17) is 15.2 Å². The zero-order valence-electron chi connectivity index (χ0n) is 15.9. The van der Waals surface area contributed by atoms with Crippen LogP contribution in [0.3, 0.4) is 0 Å². The molecule has 29 heavy (non-hydrogen) atoms. The highest BCUT2D eigenvalue weighted by Crippen LogP contribution is 2.29. The average molecular weight is 395 g/mol. The monoisotopic (exact) mass is 395 g/mol. The summed E-state index contributed by atoms with van der Waals surface area (Å²) in [5.74, 6) is -0.247. The van der Waals surface area contributed by atoms with Crippen molar-refractivity contribution < 1.29 is 23.9 Å². The number of benzene rings is 2. The molecule has 1 aliphatic rings. The quantitative estimate of drug-likeness (QED) is 0.525. The van der Waals surface area contributed by atoms with Crippen molar-refractivity contribution in [1.82, 2.24) is 10.2 Å². The van der Waals surface area contributed by atoms with E-state index in [-0.39, 0.29) is 18.8 Å². The van der Waals surface area contributed by atoms with Crippen molar-refractivity contribution in [1.29, 1.82) is 0 Å². The zero-order chi connectivity index (χ0) is 20.8. The molecule has 1 fully saturated rings. The number of carbonyl (C=O) groups excluding carboxylic acids is 3. The van der Waals surface area contributed by atoms with E-state index in [0.29, 0.717) is 23.7 Å². The van der Waals surface area contributed by atoms with E-state index >= 15 is 0 Å². The molecule has 1 aliphatic heterocycles. The number of amides is 4. The Morgan fingerprint density at radius 2 is 1.86 bits per heavy atom. The standard InChI is InChI=1S/C21H21N3O5/c1-2-28-18-11-15(8-9-17(18)29-13-19(22)25)10-16-20(26)24(21(27)23-16)12-14-6-4-3-5-7-14/h3-11H,2,12-13H2,1H3,(H2,22,25)(H,23,27). The van der Waals surface area contributed by atoms with Crippen molar-refractivity contribution in [2.45, 2.75) is 13.5 Å². The van der Waals surface area contributed by atoms with Gasteiger partial charge in [0, 0.05) is 0 Å². The predicted molar refractivity (Wildman–Crippen MR) is 106 cm³/mol. The van der Waals surface area contributed by atoms with Crippen molar-refractivity contribution in [3.8, 4) is 11.5 Å². The van der Waals surface area contributed by atoms with E-state index < -0.39 is 17.8 Å². The highest BCUT2D eigenvalue weighted by molar-refractivity contribution is 6.13. The Morgan fingerprint density at radius 1 is 1.10 bits per heavy atom. The molecule has 0 aliphatic carbocycles. The Labute approximate surface area is 167 Å². The number of urea groups is 1. The third kappa shape index (κ3) is 4.92. The number of rotatable bonds is 8. The van der Waals surface area contributed by atoms with Gasteiger partial charge >= 0.3 is 6.03 Å². The normalized spacial score (nSPS) is 14.8. The Bertz CT molecular complexity index is 956. The van der Waals surface area contributed by atoms with Gasteiger partial charge in [0.1, 0.15) is 5.70 Å². The van der Waals surface area contributed by atoms with Crippen LogP contribution in [0.5, 0.6) is 11.5 Å². The molecule has 3 N–H and O–H groups in total. The van der Waals surface area contributed by atoms with Gasteiger partial charge in [-0.3, -0.25) is 14.5 Å². The SMILES string of the molecule is CCOc1cc(C=C2NC(=O)N(Cc3ccccc3)C2=O)ccc1OCC(N)=O. The maximum absolute atomic E-state index is 12.6. The fourth-order valence-electron chi connectivity index (χ4n) is 2.80. The minimum atomic E-state index is -0.601. The molecule has 0 bridgehead atoms. The van der Waals surface area contributed by atoms with Gasteiger partial charge < -0.3 is 20.5 Å². The minimum absolute atomic E-state index is 0.166. The van der Waals surface area contributed by atoms with Gasteiger partial charge in [-0.15, -0.1) is 0 Å². The van der Waals surface area contributed by atoms with Crippen LogP contribution in [-0.2, 0) is 16.1 Å². The maximum atomic E-state index is 12.6. The van der Waals surface area contributed by atoms with Crippen LogP contribution in [0.15, 0.2) is 54.2 Å². The first-order chi connectivity index (χ1) is 14.0. The predicted octanol–water partition coefficient (Wildman–Crippen LogP) is 2.04. The summed E-state index contributed by atoms with van der Waals surface area (Å²) in [6.45, 7) is 2.11. The summed E-state index contributed by atoms with van der Waals surface area (Å²) < 4.78 is 10.9. The first-order valence-corrected chi connectivity index (χ1v) is 9.04. The number of hydrogen-bond acceptors (Lipinski definition) is 5. The molecule has 150 valence electrons. The molecular formula is C21H21N3O5. The summed E-state index contributed by atoms with van der Waals surface area (Å²) in [5, 5.41) is 2.59. The lowest BCUT2D eigenvalue weighted by Gasteiger charge is -2.12. The third-order valence-electron chi connectivity index (χ3n) is 4.09. The fourth-order valence-corrected chi connectivity index (χ4v) is 2.80. The van der Waals surface area contributed by atoms with Crippen LogP contribution >= 0.6 is 0 Å². The number of primary amides is 1. The average Bonchev–Trinajstić information content (AvgIpc) is 2.96. The number of carbonyl (C=O) groups is 3. The van der Waals surface area contributed by atoms with Crippen LogP contribution in [0.1, 0.15) is 18.1 Å². The van der Waals surface area contributed by atoms with Gasteiger partial charge in [-0.05, 0) is 36.3 Å². The van der Waals surface area contributed by atoms with Crippen molar-refractivity contribution in [2.75, 3.05) is 13.2 Å². The van der Waals surface area contributed by atoms with Gasteiger partial charge in [-0.1, -0.05) is 36.4 Å². The number of nitrogens with two attached hydrogens (primary N) is 1. The van der Waals surface area contributed by atoms with Crippen molar-refractivity contribution in [3.05, 3.63) is 65.4 Å². The lowest BCUT2D eigenvalue weighted by atomic mass is 10.1. The lowest BCUT2D eigenvalue weighted by molar-refractivity contribution is -0.123. The highest BCUT2D eigenvalue weighted by atomic mass is 16.5. The largest absolute Gasteiger partial charge is 0.490 e. The van der Waals surface area contributed by atoms with Crippen LogP contribution in [0.25, 0.3) is 6.08 Å². The molecule has 0 saturated carbocycles. The van der Waals surface area contributed by atoms with Crippen molar-refractivity contribution >= 4 is 23.9 Å². The Morgan fingerprint density at radius 3 is 2.55 bits per heavy atom. The fraction of sp³-hybridized carbons (Fsp3) is 0.190. The van der Waals surface area contributed by atoms with Gasteiger partial charge in [-0.25, -0.2) is 4.79 Å². The number of nitrogens with one attached hydrogen (secondary N) is 1. The molecule has 2 aromatic carbocycles. The van der Waals surface area contributed by atoms with Crippen LogP contribution < -0.4 is 20.5 Å². The maximum Gasteiger partial charge on any atom is 0.329 e. The summed E-state index contributed by atoms with van der Waals surface area (Å²) in [6.07, 6.45) is 1.56. The Balaban J connectivity index is 1.80. The highest BCUT2D eigenvalue weighted by Gasteiger charge is 2.33. The second kappa shape index (κ2) is 8.92. The van der Waals surface area contributed by atoms with Gasteiger partial charge in [0.25, 0.3) is 11.8 Å². The summed E-state index contributed by atoms with van der Waals surface area (Å²) in [4.78, 5) is 37.0. The summed E-state index contributed by atoms with van der Waals surface area (Å²) in [7, 11) is 0. The smallest absolute Gasteiger partial charge is 0.329 e. The van der Waals surface area contributed by atoms with Crippen LogP contribution in [0.4, 0.5) is 4.79 Å². The van der Waals surface area contributed by atoms with Crippen LogP contribution in [0, 0.1) is 0 Å². The van der Waals surface area contributed by atoms with Crippen LogP contribution in [0.2, 0.25) is 0 Å². The second-order valence-electron chi connectivity index (χ2n) is 6.26. The van der Waals surface area contributed by atoms with E-state index in [1.807, 2.05) is 37.3 Å². The molecule has 8 heteroatoms. The molecular weight excluding hydrogens is 374 g/mol. The molecule has 0 atom stereocenters. The van der Waals surface area contributed by atoms with Crippen molar-refractivity contribution in [3.63, 3.8) is 0 Å². The lowest BCUT2D eigenvalue weighted by Crippen LogP contribution is -2.30. The molecule has 3 rings (SSSR count). The molecule has 0 aromatic heterocycles. The molecule has 2 aromatic rings. The second-order valence-corrected chi connectivity index (χ2v) is 6.26. The van der Waals surface area contributed by atoms with Gasteiger partial charge in [0.2, 0.25) is 0 Å². The van der Waals surface area contributed by atoms with E-state index in [9.17, 15) is 14.4 Å². The minimum Gasteiger partial charge on any atom is -0.490 e. The molecule has 4 amide bonds. The summed E-state index contributed by atoms with van der Waals surface area (Å²) >= 11 is 0. The molecule has 1 saturated heterocycles.